The van der Waals surface area contributed by atoms with Gasteiger partial charge in [-0.1, -0.05) is 18.2 Å². The summed E-state index contributed by atoms with van der Waals surface area (Å²) in [5.74, 6) is -0.707. The third-order valence-electron chi connectivity index (χ3n) is 3.90. The zero-order valence-electron chi connectivity index (χ0n) is 11.6. The van der Waals surface area contributed by atoms with Crippen molar-refractivity contribution in [1.82, 2.24) is 10.3 Å². The Balaban J connectivity index is 1.72. The molecular weight excluding hydrogens is 268 g/mol. The van der Waals surface area contributed by atoms with Gasteiger partial charge in [0.2, 0.25) is 5.91 Å². The molecule has 110 valence electrons. The third kappa shape index (κ3) is 3.24. The molecule has 0 spiro atoms. The van der Waals surface area contributed by atoms with Crippen LogP contribution in [0, 0.1) is 5.92 Å². The number of aliphatic carboxylic acids is 1. The Morgan fingerprint density at radius 3 is 2.81 bits per heavy atom. The summed E-state index contributed by atoms with van der Waals surface area (Å²) in [5.41, 5.74) is 1.88. The van der Waals surface area contributed by atoms with Crippen molar-refractivity contribution in [3.63, 3.8) is 0 Å². The molecule has 1 saturated carbocycles. The summed E-state index contributed by atoms with van der Waals surface area (Å²) in [6.45, 7) is 0. The molecule has 1 atom stereocenters. The predicted octanol–water partition coefficient (Wildman–Crippen LogP) is 2.08. The number of amides is 1. The quantitative estimate of drug-likeness (QED) is 0.760. The van der Waals surface area contributed by atoms with Crippen LogP contribution in [0.2, 0.25) is 0 Å². The molecule has 1 aliphatic carbocycles. The Labute approximate surface area is 122 Å². The number of nitrogens with one attached hydrogen (secondary N) is 2. The van der Waals surface area contributed by atoms with Crippen LogP contribution in [-0.4, -0.2) is 28.0 Å². The van der Waals surface area contributed by atoms with E-state index in [1.54, 1.807) is 0 Å². The standard InChI is InChI=1S/C16H18N2O3/c19-15(7-10-5-6-10)18-14(16(20)21)8-11-9-17-13-4-2-1-3-12(11)13/h1-4,9-10,14,17H,5-8H2,(H,18,19)(H,20,21)/t14-/m0/s1. The van der Waals surface area contributed by atoms with Gasteiger partial charge in [0.25, 0.3) is 0 Å². The highest BCUT2D eigenvalue weighted by Gasteiger charge is 2.27. The molecule has 2 aromatic rings. The number of carboxylic acid groups (broad SMARTS) is 1. The molecule has 1 heterocycles. The molecule has 0 aliphatic heterocycles. The number of rotatable bonds is 6. The fourth-order valence-electron chi connectivity index (χ4n) is 2.56. The molecule has 3 N–H and O–H groups in total. The predicted molar refractivity (Wildman–Crippen MR) is 78.9 cm³/mol. The van der Waals surface area contributed by atoms with Gasteiger partial charge in [0.1, 0.15) is 6.04 Å². The van der Waals surface area contributed by atoms with E-state index in [1.807, 2.05) is 30.5 Å². The highest BCUT2D eigenvalue weighted by molar-refractivity contribution is 5.86. The van der Waals surface area contributed by atoms with E-state index in [4.69, 9.17) is 0 Å². The van der Waals surface area contributed by atoms with Gasteiger partial charge in [0.15, 0.2) is 0 Å². The maximum absolute atomic E-state index is 11.8. The molecule has 1 aromatic heterocycles. The first-order valence-electron chi connectivity index (χ1n) is 7.20. The van der Waals surface area contributed by atoms with Crippen LogP contribution in [0.1, 0.15) is 24.8 Å². The molecule has 1 aliphatic rings. The summed E-state index contributed by atoms with van der Waals surface area (Å²) in [5, 5.41) is 13.0. The van der Waals surface area contributed by atoms with Gasteiger partial charge in [-0.25, -0.2) is 4.79 Å². The van der Waals surface area contributed by atoms with Crippen LogP contribution in [0.25, 0.3) is 10.9 Å². The van der Waals surface area contributed by atoms with Crippen LogP contribution in [0.15, 0.2) is 30.5 Å². The Kier molecular flexibility index (Phi) is 3.64. The van der Waals surface area contributed by atoms with Crippen molar-refractivity contribution >= 4 is 22.8 Å². The number of para-hydroxylation sites is 1. The number of carboxylic acids is 1. The Hall–Kier alpha value is -2.30. The van der Waals surface area contributed by atoms with Gasteiger partial charge in [0.05, 0.1) is 0 Å². The zero-order valence-corrected chi connectivity index (χ0v) is 11.6. The third-order valence-corrected chi connectivity index (χ3v) is 3.90. The molecule has 0 saturated heterocycles. The summed E-state index contributed by atoms with van der Waals surface area (Å²) < 4.78 is 0. The number of fused-ring (bicyclic) bond motifs is 1. The molecule has 5 heteroatoms. The van der Waals surface area contributed by atoms with E-state index in [0.29, 0.717) is 12.3 Å². The number of carbonyl (C=O) groups is 2. The Morgan fingerprint density at radius 1 is 1.33 bits per heavy atom. The normalized spacial score (nSPS) is 15.8. The lowest BCUT2D eigenvalue weighted by molar-refractivity contribution is -0.141. The van der Waals surface area contributed by atoms with E-state index in [-0.39, 0.29) is 12.3 Å². The van der Waals surface area contributed by atoms with Crippen molar-refractivity contribution < 1.29 is 14.7 Å². The van der Waals surface area contributed by atoms with Gasteiger partial charge in [-0.2, -0.15) is 0 Å². The van der Waals surface area contributed by atoms with Crippen molar-refractivity contribution in [3.05, 3.63) is 36.0 Å². The molecule has 1 amide bonds. The monoisotopic (exact) mass is 286 g/mol. The molecule has 1 fully saturated rings. The average Bonchev–Trinajstić information content (AvgIpc) is 3.17. The topological polar surface area (TPSA) is 82.2 Å². The number of benzene rings is 1. The summed E-state index contributed by atoms with van der Waals surface area (Å²) >= 11 is 0. The highest BCUT2D eigenvalue weighted by atomic mass is 16.4. The largest absolute Gasteiger partial charge is 0.480 e. The van der Waals surface area contributed by atoms with Gasteiger partial charge in [-0.15, -0.1) is 0 Å². The number of hydrogen-bond acceptors (Lipinski definition) is 2. The fourth-order valence-corrected chi connectivity index (χ4v) is 2.56. The average molecular weight is 286 g/mol. The Morgan fingerprint density at radius 2 is 2.10 bits per heavy atom. The van der Waals surface area contributed by atoms with Crippen molar-refractivity contribution in [3.8, 4) is 0 Å². The van der Waals surface area contributed by atoms with Crippen molar-refractivity contribution in [1.29, 1.82) is 0 Å². The smallest absolute Gasteiger partial charge is 0.326 e. The first-order valence-corrected chi connectivity index (χ1v) is 7.20. The van der Waals surface area contributed by atoms with Crippen LogP contribution in [0.3, 0.4) is 0 Å². The van der Waals surface area contributed by atoms with Gasteiger partial charge < -0.3 is 15.4 Å². The van der Waals surface area contributed by atoms with Crippen molar-refractivity contribution in [2.45, 2.75) is 31.7 Å². The number of aromatic amines is 1. The summed E-state index contributed by atoms with van der Waals surface area (Å²) in [6, 6.07) is 6.86. The van der Waals surface area contributed by atoms with E-state index in [0.717, 1.165) is 29.3 Å². The van der Waals surface area contributed by atoms with E-state index < -0.39 is 12.0 Å². The number of hydrogen-bond donors (Lipinski definition) is 3. The molecular formula is C16H18N2O3. The first-order chi connectivity index (χ1) is 10.1. The number of H-pyrrole nitrogens is 1. The lowest BCUT2D eigenvalue weighted by Gasteiger charge is -2.14. The molecule has 0 radical (unpaired) electrons. The molecule has 0 unspecified atom stereocenters. The van der Waals surface area contributed by atoms with Gasteiger partial charge in [-0.05, 0) is 30.4 Å². The van der Waals surface area contributed by atoms with Gasteiger partial charge in [0, 0.05) is 29.9 Å². The van der Waals surface area contributed by atoms with E-state index in [9.17, 15) is 14.7 Å². The van der Waals surface area contributed by atoms with Crippen LogP contribution in [0.5, 0.6) is 0 Å². The molecule has 1 aromatic carbocycles. The number of aromatic nitrogens is 1. The van der Waals surface area contributed by atoms with Crippen molar-refractivity contribution in [2.75, 3.05) is 0 Å². The number of carbonyl (C=O) groups excluding carboxylic acids is 1. The first kappa shape index (κ1) is 13.7. The fraction of sp³-hybridized carbons (Fsp3) is 0.375. The van der Waals surface area contributed by atoms with Crippen molar-refractivity contribution in [2.24, 2.45) is 5.92 Å². The van der Waals surface area contributed by atoms with Crippen LogP contribution in [-0.2, 0) is 16.0 Å². The van der Waals surface area contributed by atoms with Crippen LogP contribution in [0.4, 0.5) is 0 Å². The molecule has 3 rings (SSSR count). The molecule has 5 nitrogen and oxygen atoms in total. The van der Waals surface area contributed by atoms with E-state index >= 15 is 0 Å². The second-order valence-electron chi connectivity index (χ2n) is 5.67. The zero-order chi connectivity index (χ0) is 14.8. The summed E-state index contributed by atoms with van der Waals surface area (Å²) in [4.78, 5) is 26.3. The minimum Gasteiger partial charge on any atom is -0.480 e. The van der Waals surface area contributed by atoms with E-state index in [1.165, 1.54) is 0 Å². The summed E-state index contributed by atoms with van der Waals surface area (Å²) in [6.07, 6.45) is 4.70. The SMILES string of the molecule is O=C(CC1CC1)N[C@@H](Cc1c[nH]c2ccccc12)C(=O)O. The van der Waals surface area contributed by atoms with Gasteiger partial charge in [-0.3, -0.25) is 4.79 Å². The van der Waals surface area contributed by atoms with Crippen LogP contribution < -0.4 is 5.32 Å². The highest BCUT2D eigenvalue weighted by Crippen LogP contribution is 2.32. The second-order valence-corrected chi connectivity index (χ2v) is 5.67. The minimum absolute atomic E-state index is 0.162. The van der Waals surface area contributed by atoms with Gasteiger partial charge >= 0.3 is 5.97 Å². The summed E-state index contributed by atoms with van der Waals surface area (Å²) in [7, 11) is 0. The molecule has 21 heavy (non-hydrogen) atoms. The lowest BCUT2D eigenvalue weighted by Crippen LogP contribution is -2.42. The maximum atomic E-state index is 11.8. The Bertz CT molecular complexity index is 673. The second kappa shape index (κ2) is 5.60. The van der Waals surface area contributed by atoms with E-state index in [2.05, 4.69) is 10.3 Å². The molecule has 0 bridgehead atoms. The lowest BCUT2D eigenvalue weighted by atomic mass is 10.0. The maximum Gasteiger partial charge on any atom is 0.326 e. The van der Waals surface area contributed by atoms with Crippen LogP contribution >= 0.6 is 0 Å². The minimum atomic E-state index is -0.996.